The second-order valence-corrected chi connectivity index (χ2v) is 10.7. The number of amides is 4. The van der Waals surface area contributed by atoms with Gasteiger partial charge in [0.05, 0.1) is 13.7 Å². The van der Waals surface area contributed by atoms with Crippen LogP contribution in [0.3, 0.4) is 0 Å². The largest absolute Gasteiger partial charge is 0.467 e. The van der Waals surface area contributed by atoms with Gasteiger partial charge in [-0.3, -0.25) is 9.59 Å². The molecule has 0 bridgehead atoms. The second kappa shape index (κ2) is 18.8. The van der Waals surface area contributed by atoms with E-state index in [1.54, 1.807) is 38.2 Å². The third-order valence-electron chi connectivity index (χ3n) is 7.03. The van der Waals surface area contributed by atoms with Crippen molar-refractivity contribution in [2.75, 3.05) is 33.9 Å². The van der Waals surface area contributed by atoms with Crippen LogP contribution in [0.15, 0.2) is 24.3 Å². The van der Waals surface area contributed by atoms with E-state index in [0.29, 0.717) is 17.0 Å². The van der Waals surface area contributed by atoms with E-state index < -0.39 is 36.1 Å². The molecule has 2 unspecified atom stereocenters. The van der Waals surface area contributed by atoms with Gasteiger partial charge in [0.2, 0.25) is 11.8 Å². The number of hydrogen-bond acceptors (Lipinski definition) is 8. The quantitative estimate of drug-likeness (QED) is 0.201. The lowest BCUT2D eigenvalue weighted by molar-refractivity contribution is -0.145. The third kappa shape index (κ3) is 13.0. The van der Waals surface area contributed by atoms with Gasteiger partial charge >= 0.3 is 18.2 Å². The number of likely N-dealkylation sites (N-methyl/N-ethyl adjacent to an activating group) is 1. The number of rotatable bonds is 15. The summed E-state index contributed by atoms with van der Waals surface area (Å²) >= 11 is 6.00. The Hall–Kier alpha value is -3.54. The highest BCUT2D eigenvalue weighted by Gasteiger charge is 2.31. The Balaban J connectivity index is 1.98. The van der Waals surface area contributed by atoms with Crippen molar-refractivity contribution < 1.29 is 38.2 Å². The van der Waals surface area contributed by atoms with Gasteiger partial charge < -0.3 is 35.1 Å². The molecule has 1 fully saturated rings. The van der Waals surface area contributed by atoms with Crippen LogP contribution >= 0.6 is 11.6 Å². The van der Waals surface area contributed by atoms with Crippen molar-refractivity contribution in [3.05, 3.63) is 34.9 Å². The van der Waals surface area contributed by atoms with E-state index >= 15 is 0 Å². The molecule has 4 amide bonds. The number of benzene rings is 1. The number of nitrogens with zero attached hydrogens (tertiary/aromatic N) is 1. The van der Waals surface area contributed by atoms with Crippen LogP contribution in [-0.4, -0.2) is 80.8 Å². The predicted molar refractivity (Wildman–Crippen MR) is 156 cm³/mol. The Morgan fingerprint density at radius 2 is 1.76 bits per heavy atom. The second-order valence-electron chi connectivity index (χ2n) is 10.2. The minimum absolute atomic E-state index is 0.0117. The number of nitrogens with one attached hydrogen (secondary N) is 3. The summed E-state index contributed by atoms with van der Waals surface area (Å²) in [6.07, 6.45) is 4.09. The van der Waals surface area contributed by atoms with Crippen LogP contribution in [-0.2, 0) is 35.2 Å². The standard InChI is InChI=1S/C29H43ClN4O8/c1-4-41-28(38)31-15-16-34(2)25(35)14-13-23(27(37)40-3)32-26(36)24(18-20-9-6-5-7-10-20)33-29(39)42-19-21-11-8-12-22(30)17-21/h8,11-12,17,20,23-24H,4-7,9-10,13-16,18-19H2,1-3H3,(H,31,38)(H,32,36)(H,33,39). The van der Waals surface area contributed by atoms with Gasteiger partial charge in [-0.25, -0.2) is 14.4 Å². The summed E-state index contributed by atoms with van der Waals surface area (Å²) in [6, 6.07) is 4.85. The topological polar surface area (TPSA) is 152 Å². The van der Waals surface area contributed by atoms with Crippen molar-refractivity contribution in [2.45, 2.75) is 77.0 Å². The number of alkyl carbamates (subject to hydrolysis) is 2. The highest BCUT2D eigenvalue weighted by molar-refractivity contribution is 6.30. The lowest BCUT2D eigenvalue weighted by atomic mass is 9.84. The van der Waals surface area contributed by atoms with Gasteiger partial charge in [0.1, 0.15) is 18.7 Å². The summed E-state index contributed by atoms with van der Waals surface area (Å²) in [5, 5.41) is 8.37. The van der Waals surface area contributed by atoms with E-state index in [0.717, 1.165) is 32.1 Å². The monoisotopic (exact) mass is 610 g/mol. The molecule has 0 heterocycles. The van der Waals surface area contributed by atoms with Gasteiger partial charge in [0.25, 0.3) is 0 Å². The summed E-state index contributed by atoms with van der Waals surface area (Å²) in [6.45, 7) is 2.33. The highest BCUT2D eigenvalue weighted by Crippen LogP contribution is 2.27. The van der Waals surface area contributed by atoms with Crippen molar-refractivity contribution in [1.82, 2.24) is 20.9 Å². The van der Waals surface area contributed by atoms with Crippen molar-refractivity contribution in [3.8, 4) is 0 Å². The SMILES string of the molecule is CCOC(=O)NCCN(C)C(=O)CCC(NC(=O)C(CC1CCCCC1)NC(=O)OCc1cccc(Cl)c1)C(=O)OC. The van der Waals surface area contributed by atoms with Crippen LogP contribution in [0.1, 0.15) is 63.9 Å². The molecule has 0 aromatic heterocycles. The Labute approximate surface area is 252 Å². The Kier molecular flexibility index (Phi) is 15.5. The first-order valence-electron chi connectivity index (χ1n) is 14.3. The molecule has 1 aliphatic rings. The molecule has 3 N–H and O–H groups in total. The normalized spacial score (nSPS) is 14.6. The molecule has 234 valence electrons. The third-order valence-corrected chi connectivity index (χ3v) is 7.26. The number of carbonyl (C=O) groups excluding carboxylic acids is 5. The van der Waals surface area contributed by atoms with Gasteiger partial charge in [0, 0.05) is 31.6 Å². The van der Waals surface area contributed by atoms with Crippen LogP contribution in [0, 0.1) is 5.92 Å². The van der Waals surface area contributed by atoms with E-state index in [2.05, 4.69) is 16.0 Å². The summed E-state index contributed by atoms with van der Waals surface area (Å²) in [5.41, 5.74) is 0.697. The Morgan fingerprint density at radius 3 is 2.43 bits per heavy atom. The van der Waals surface area contributed by atoms with E-state index in [1.165, 1.54) is 12.0 Å². The molecule has 1 saturated carbocycles. The fourth-order valence-electron chi connectivity index (χ4n) is 4.70. The van der Waals surface area contributed by atoms with Gasteiger partial charge in [-0.2, -0.15) is 0 Å². The smallest absolute Gasteiger partial charge is 0.408 e. The summed E-state index contributed by atoms with van der Waals surface area (Å²) in [5.74, 6) is -1.32. The minimum Gasteiger partial charge on any atom is -0.467 e. The van der Waals surface area contributed by atoms with Gasteiger partial charge in [-0.1, -0.05) is 55.8 Å². The predicted octanol–water partition coefficient (Wildman–Crippen LogP) is 3.55. The number of halogens is 1. The molecular weight excluding hydrogens is 568 g/mol. The summed E-state index contributed by atoms with van der Waals surface area (Å²) in [7, 11) is 2.77. The molecule has 0 saturated heterocycles. The number of hydrogen-bond donors (Lipinski definition) is 3. The molecule has 2 rings (SSSR count). The van der Waals surface area contributed by atoms with E-state index in [9.17, 15) is 24.0 Å². The van der Waals surface area contributed by atoms with E-state index in [4.69, 9.17) is 25.8 Å². The Morgan fingerprint density at radius 1 is 1.02 bits per heavy atom. The molecule has 1 aromatic rings. The number of esters is 1. The zero-order valence-corrected chi connectivity index (χ0v) is 25.4. The fourth-order valence-corrected chi connectivity index (χ4v) is 4.91. The van der Waals surface area contributed by atoms with Gasteiger partial charge in [-0.05, 0) is 43.4 Å². The van der Waals surface area contributed by atoms with Crippen LogP contribution in [0.2, 0.25) is 5.02 Å². The summed E-state index contributed by atoms with van der Waals surface area (Å²) < 4.78 is 15.0. The van der Waals surface area contributed by atoms with Crippen molar-refractivity contribution in [1.29, 1.82) is 0 Å². The van der Waals surface area contributed by atoms with Crippen LogP contribution in [0.5, 0.6) is 0 Å². The molecule has 0 aliphatic heterocycles. The zero-order valence-electron chi connectivity index (χ0n) is 24.6. The first kappa shape index (κ1) is 34.7. The average molecular weight is 611 g/mol. The first-order chi connectivity index (χ1) is 20.1. The molecule has 0 spiro atoms. The van der Waals surface area contributed by atoms with E-state index in [-0.39, 0.29) is 51.0 Å². The lowest BCUT2D eigenvalue weighted by Crippen LogP contribution is -2.52. The molecular formula is C29H43ClN4O8. The summed E-state index contributed by atoms with van der Waals surface area (Å²) in [4.78, 5) is 64.0. The molecule has 42 heavy (non-hydrogen) atoms. The molecule has 1 aromatic carbocycles. The van der Waals surface area contributed by atoms with Crippen LogP contribution < -0.4 is 16.0 Å². The maximum Gasteiger partial charge on any atom is 0.408 e. The van der Waals surface area contributed by atoms with Crippen molar-refractivity contribution >= 4 is 41.6 Å². The minimum atomic E-state index is -1.10. The maximum atomic E-state index is 13.4. The zero-order chi connectivity index (χ0) is 30.9. The molecule has 1 aliphatic carbocycles. The Bertz CT molecular complexity index is 1050. The van der Waals surface area contributed by atoms with Crippen LogP contribution in [0.25, 0.3) is 0 Å². The average Bonchev–Trinajstić information content (AvgIpc) is 2.97. The number of carbonyl (C=O) groups is 5. The van der Waals surface area contributed by atoms with Crippen LogP contribution in [0.4, 0.5) is 9.59 Å². The van der Waals surface area contributed by atoms with Crippen molar-refractivity contribution in [3.63, 3.8) is 0 Å². The lowest BCUT2D eigenvalue weighted by Gasteiger charge is -2.27. The van der Waals surface area contributed by atoms with Gasteiger partial charge in [0.15, 0.2) is 0 Å². The molecule has 12 nitrogen and oxygen atoms in total. The highest BCUT2D eigenvalue weighted by atomic mass is 35.5. The van der Waals surface area contributed by atoms with Gasteiger partial charge in [-0.15, -0.1) is 0 Å². The molecule has 0 radical (unpaired) electrons. The maximum absolute atomic E-state index is 13.4. The van der Waals surface area contributed by atoms with E-state index in [1.807, 2.05) is 0 Å². The number of methoxy groups -OCH3 is 1. The molecule has 13 heteroatoms. The fraction of sp³-hybridized carbons (Fsp3) is 0.621. The number of ether oxygens (including phenoxy) is 3. The first-order valence-corrected chi connectivity index (χ1v) is 14.7. The van der Waals surface area contributed by atoms with Crippen molar-refractivity contribution in [2.24, 2.45) is 5.92 Å². The molecule has 2 atom stereocenters.